The second kappa shape index (κ2) is 4.08. The van der Waals surface area contributed by atoms with Crippen LogP contribution in [0.5, 0.6) is 0 Å². The molecule has 2 N–H and O–H groups in total. The molecule has 0 aliphatic rings. The van der Waals surface area contributed by atoms with E-state index in [0.29, 0.717) is 0 Å². The summed E-state index contributed by atoms with van der Waals surface area (Å²) in [5, 5.41) is 4.23. The van der Waals surface area contributed by atoms with Gasteiger partial charge in [-0.25, -0.2) is 9.97 Å². The van der Waals surface area contributed by atoms with Gasteiger partial charge in [-0.15, -0.1) is 0 Å². The molecule has 0 amide bonds. The van der Waals surface area contributed by atoms with Crippen LogP contribution in [0.4, 0.5) is 5.95 Å². The van der Waals surface area contributed by atoms with Crippen molar-refractivity contribution in [3.8, 4) is 11.3 Å². The van der Waals surface area contributed by atoms with Gasteiger partial charge in [0.25, 0.3) is 0 Å². The van der Waals surface area contributed by atoms with Gasteiger partial charge in [0, 0.05) is 24.5 Å². The monoisotopic (exact) mass is 203 g/mol. The minimum Gasteiger partial charge on any atom is -0.368 e. The average Bonchev–Trinajstić information content (AvgIpc) is 2.67. The molecule has 0 atom stereocenters. The maximum absolute atomic E-state index is 5.51. The molecule has 0 fully saturated rings. The molecular formula is C10H13N5. The van der Waals surface area contributed by atoms with E-state index in [4.69, 9.17) is 5.73 Å². The second-order valence-corrected chi connectivity index (χ2v) is 3.29. The molecule has 2 aromatic rings. The van der Waals surface area contributed by atoms with Gasteiger partial charge in [0.2, 0.25) is 5.95 Å². The Labute approximate surface area is 88.0 Å². The number of nitrogens with two attached hydrogens (primary N) is 1. The molecule has 5 nitrogen and oxygen atoms in total. The van der Waals surface area contributed by atoms with E-state index in [0.717, 1.165) is 24.2 Å². The Hall–Kier alpha value is -1.91. The second-order valence-electron chi connectivity index (χ2n) is 3.29. The van der Waals surface area contributed by atoms with E-state index in [1.807, 2.05) is 16.9 Å². The average molecular weight is 203 g/mol. The number of rotatable bonds is 3. The Bertz CT molecular complexity index is 449. The van der Waals surface area contributed by atoms with Crippen molar-refractivity contribution >= 4 is 5.95 Å². The summed E-state index contributed by atoms with van der Waals surface area (Å²) in [6.07, 6.45) is 6.46. The van der Waals surface area contributed by atoms with Gasteiger partial charge in [-0.2, -0.15) is 5.10 Å². The molecule has 0 spiro atoms. The summed E-state index contributed by atoms with van der Waals surface area (Å²) < 4.78 is 1.90. The normalized spacial score (nSPS) is 10.5. The molecule has 0 saturated heterocycles. The lowest BCUT2D eigenvalue weighted by molar-refractivity contribution is 0.603. The number of aromatic nitrogens is 4. The van der Waals surface area contributed by atoms with Crippen LogP contribution in [0.15, 0.2) is 24.7 Å². The van der Waals surface area contributed by atoms with Crippen molar-refractivity contribution in [1.29, 1.82) is 0 Å². The van der Waals surface area contributed by atoms with Crippen molar-refractivity contribution < 1.29 is 0 Å². The highest BCUT2D eigenvalue weighted by Crippen LogP contribution is 2.15. The molecule has 0 aliphatic carbocycles. The van der Waals surface area contributed by atoms with E-state index in [9.17, 15) is 0 Å². The lowest BCUT2D eigenvalue weighted by Gasteiger charge is -1.97. The molecule has 2 heterocycles. The van der Waals surface area contributed by atoms with Crippen molar-refractivity contribution in [2.75, 3.05) is 5.73 Å². The quantitative estimate of drug-likeness (QED) is 0.817. The minimum absolute atomic E-state index is 0.288. The van der Waals surface area contributed by atoms with Gasteiger partial charge < -0.3 is 5.73 Å². The van der Waals surface area contributed by atoms with E-state index >= 15 is 0 Å². The lowest BCUT2D eigenvalue weighted by Crippen LogP contribution is -1.96. The molecule has 0 aliphatic heterocycles. The van der Waals surface area contributed by atoms with Crippen LogP contribution in [0.3, 0.4) is 0 Å². The fraction of sp³-hybridized carbons (Fsp3) is 0.300. The lowest BCUT2D eigenvalue weighted by atomic mass is 10.2. The molecule has 0 aromatic carbocycles. The number of hydrogen-bond donors (Lipinski definition) is 1. The number of hydrogen-bond acceptors (Lipinski definition) is 4. The van der Waals surface area contributed by atoms with Crippen molar-refractivity contribution in [3.05, 3.63) is 24.7 Å². The zero-order valence-electron chi connectivity index (χ0n) is 8.59. The molecular weight excluding hydrogens is 190 g/mol. The van der Waals surface area contributed by atoms with E-state index in [-0.39, 0.29) is 5.95 Å². The molecule has 0 bridgehead atoms. The van der Waals surface area contributed by atoms with Crippen molar-refractivity contribution in [2.45, 2.75) is 19.9 Å². The van der Waals surface area contributed by atoms with Crippen LogP contribution in [-0.4, -0.2) is 19.7 Å². The molecule has 5 heteroatoms. The molecule has 2 rings (SSSR count). The van der Waals surface area contributed by atoms with Crippen LogP contribution in [-0.2, 0) is 6.54 Å². The van der Waals surface area contributed by atoms with Crippen LogP contribution >= 0.6 is 0 Å². The summed E-state index contributed by atoms with van der Waals surface area (Å²) in [7, 11) is 0. The predicted molar refractivity (Wildman–Crippen MR) is 58.0 cm³/mol. The molecule has 2 aromatic heterocycles. The predicted octanol–water partition coefficient (Wildman–Crippen LogP) is 1.33. The summed E-state index contributed by atoms with van der Waals surface area (Å²) in [5.41, 5.74) is 7.29. The summed E-state index contributed by atoms with van der Waals surface area (Å²) in [6.45, 7) is 3.03. The van der Waals surface area contributed by atoms with E-state index in [1.165, 1.54) is 0 Å². The summed E-state index contributed by atoms with van der Waals surface area (Å²) in [5.74, 6) is 0.288. The minimum atomic E-state index is 0.288. The third kappa shape index (κ3) is 2.12. The van der Waals surface area contributed by atoms with Gasteiger partial charge in [-0.05, 0) is 12.5 Å². The largest absolute Gasteiger partial charge is 0.368 e. The smallest absolute Gasteiger partial charge is 0.220 e. The van der Waals surface area contributed by atoms with Gasteiger partial charge in [-0.1, -0.05) is 6.92 Å². The van der Waals surface area contributed by atoms with Gasteiger partial charge in [0.1, 0.15) is 0 Å². The van der Waals surface area contributed by atoms with Gasteiger partial charge in [-0.3, -0.25) is 4.68 Å². The Morgan fingerprint density at radius 2 is 2.33 bits per heavy atom. The van der Waals surface area contributed by atoms with Crippen LogP contribution < -0.4 is 5.73 Å². The van der Waals surface area contributed by atoms with Gasteiger partial charge >= 0.3 is 0 Å². The first-order chi connectivity index (χ1) is 7.29. The Morgan fingerprint density at radius 1 is 1.47 bits per heavy atom. The number of aryl methyl sites for hydroxylation is 1. The molecule has 0 saturated carbocycles. The summed E-state index contributed by atoms with van der Waals surface area (Å²) >= 11 is 0. The fourth-order valence-corrected chi connectivity index (χ4v) is 1.38. The third-order valence-corrected chi connectivity index (χ3v) is 2.06. The fourth-order valence-electron chi connectivity index (χ4n) is 1.38. The standard InChI is InChI=1S/C10H13N5/c1-2-5-15-7-8(6-13-15)9-3-4-12-10(11)14-9/h3-4,6-7H,2,5H2,1H3,(H2,11,12,14). The maximum atomic E-state index is 5.51. The molecule has 15 heavy (non-hydrogen) atoms. The van der Waals surface area contributed by atoms with Crippen molar-refractivity contribution in [1.82, 2.24) is 19.7 Å². The number of nitrogen functional groups attached to an aromatic ring is 1. The highest BCUT2D eigenvalue weighted by atomic mass is 15.3. The zero-order valence-corrected chi connectivity index (χ0v) is 8.59. The van der Waals surface area contributed by atoms with Gasteiger partial charge in [0.15, 0.2) is 0 Å². The van der Waals surface area contributed by atoms with Gasteiger partial charge in [0.05, 0.1) is 11.9 Å². The highest BCUT2D eigenvalue weighted by molar-refractivity contribution is 5.57. The molecule has 78 valence electrons. The van der Waals surface area contributed by atoms with Crippen LogP contribution in [0.2, 0.25) is 0 Å². The van der Waals surface area contributed by atoms with Crippen molar-refractivity contribution in [2.24, 2.45) is 0 Å². The summed E-state index contributed by atoms with van der Waals surface area (Å²) in [4.78, 5) is 7.98. The van der Waals surface area contributed by atoms with E-state index in [2.05, 4.69) is 22.0 Å². The van der Waals surface area contributed by atoms with E-state index < -0.39 is 0 Å². The summed E-state index contributed by atoms with van der Waals surface area (Å²) in [6, 6.07) is 1.82. The Morgan fingerprint density at radius 3 is 3.07 bits per heavy atom. The Kier molecular flexibility index (Phi) is 2.62. The van der Waals surface area contributed by atoms with E-state index in [1.54, 1.807) is 12.4 Å². The van der Waals surface area contributed by atoms with Crippen LogP contribution in [0, 0.1) is 0 Å². The Balaban J connectivity index is 2.29. The zero-order chi connectivity index (χ0) is 10.7. The molecule has 0 radical (unpaired) electrons. The maximum Gasteiger partial charge on any atom is 0.220 e. The van der Waals surface area contributed by atoms with Crippen LogP contribution in [0.25, 0.3) is 11.3 Å². The molecule has 0 unspecified atom stereocenters. The first kappa shape index (κ1) is 9.64. The highest BCUT2D eigenvalue weighted by Gasteiger charge is 2.03. The number of anilines is 1. The topological polar surface area (TPSA) is 69.6 Å². The SMILES string of the molecule is CCCn1cc(-c2ccnc(N)n2)cn1. The first-order valence-electron chi connectivity index (χ1n) is 4.91. The first-order valence-corrected chi connectivity index (χ1v) is 4.91. The van der Waals surface area contributed by atoms with Crippen LogP contribution in [0.1, 0.15) is 13.3 Å². The third-order valence-electron chi connectivity index (χ3n) is 2.06. The number of nitrogens with zero attached hydrogens (tertiary/aromatic N) is 4. The van der Waals surface area contributed by atoms with Crippen molar-refractivity contribution in [3.63, 3.8) is 0 Å².